The van der Waals surface area contributed by atoms with Crippen molar-refractivity contribution >= 4 is 16.3 Å². The van der Waals surface area contributed by atoms with Gasteiger partial charge in [0.2, 0.25) is 0 Å². The van der Waals surface area contributed by atoms with E-state index in [4.69, 9.17) is 0 Å². The average molecular weight is 535 g/mol. The first-order chi connectivity index (χ1) is 12.8. The molecule has 0 fully saturated rings. The van der Waals surface area contributed by atoms with Crippen molar-refractivity contribution in [2.75, 3.05) is 0 Å². The normalized spacial score (nSPS) is 12.4. The van der Waals surface area contributed by atoms with Gasteiger partial charge in [0.05, 0.1) is 0 Å². The van der Waals surface area contributed by atoms with E-state index in [1.54, 1.807) is 0 Å². The standard InChI is InChI=1S/C17H17.C10H15.Hf/c1-12(2)11-15-10-9-14-8-7-13-5-3-4-6-16(13)17(14)15;1-6-7(2)9(4)10(5)8(6)3;/h3-8,12H,9,11H2,1-2H3;1-5H3;/q2*-1;. The van der Waals surface area contributed by atoms with Gasteiger partial charge in [-0.15, -0.1) is 12.0 Å². The number of hydrogen-bond acceptors (Lipinski definition) is 0. The van der Waals surface area contributed by atoms with Crippen LogP contribution in [0, 0.1) is 46.6 Å². The third kappa shape index (κ3) is 4.46. The Hall–Kier alpha value is -1.34. The SMILES string of the molecule is CC(C)CC1=[C-]Cc2ccc3ccccc3c21.Cc1c(C)c(C)[c-](C)c1C.[Hf]. The molecule has 0 saturated carbocycles. The van der Waals surface area contributed by atoms with E-state index in [0.29, 0.717) is 5.92 Å². The van der Waals surface area contributed by atoms with Crippen molar-refractivity contribution in [3.05, 3.63) is 81.4 Å². The van der Waals surface area contributed by atoms with Gasteiger partial charge in [0, 0.05) is 25.8 Å². The van der Waals surface area contributed by atoms with Gasteiger partial charge in [-0.1, -0.05) is 96.7 Å². The van der Waals surface area contributed by atoms with Crippen LogP contribution in [0.5, 0.6) is 0 Å². The van der Waals surface area contributed by atoms with E-state index in [0.717, 1.165) is 12.8 Å². The van der Waals surface area contributed by atoms with Gasteiger partial charge in [-0.05, 0) is 11.3 Å². The van der Waals surface area contributed by atoms with E-state index in [1.807, 2.05) is 0 Å². The molecular formula is C27H32Hf-2. The molecule has 3 aromatic carbocycles. The molecule has 0 saturated heterocycles. The summed E-state index contributed by atoms with van der Waals surface area (Å²) in [7, 11) is 0. The van der Waals surface area contributed by atoms with Crippen molar-refractivity contribution < 1.29 is 25.8 Å². The molecule has 146 valence electrons. The first-order valence-electron chi connectivity index (χ1n) is 10.1. The van der Waals surface area contributed by atoms with Gasteiger partial charge < -0.3 is 0 Å². The van der Waals surface area contributed by atoms with Crippen LogP contribution < -0.4 is 0 Å². The fourth-order valence-corrected chi connectivity index (χ4v) is 4.10. The maximum atomic E-state index is 3.56. The predicted octanol–water partition coefficient (Wildman–Crippen LogP) is 7.57. The van der Waals surface area contributed by atoms with E-state index in [1.165, 1.54) is 55.3 Å². The summed E-state index contributed by atoms with van der Waals surface area (Å²) in [5.74, 6) is 0.697. The Balaban J connectivity index is 0.000000221. The van der Waals surface area contributed by atoms with Gasteiger partial charge in [-0.3, -0.25) is 6.08 Å². The number of fused-ring (bicyclic) bond motifs is 3. The van der Waals surface area contributed by atoms with Crippen molar-refractivity contribution in [2.45, 2.75) is 61.3 Å². The van der Waals surface area contributed by atoms with Crippen molar-refractivity contribution in [1.29, 1.82) is 0 Å². The predicted molar refractivity (Wildman–Crippen MR) is 119 cm³/mol. The van der Waals surface area contributed by atoms with Crippen LogP contribution in [0.1, 0.15) is 59.2 Å². The molecule has 0 atom stereocenters. The molecule has 1 heteroatoms. The van der Waals surface area contributed by atoms with Gasteiger partial charge in [0.1, 0.15) is 0 Å². The summed E-state index contributed by atoms with van der Waals surface area (Å²) in [6.07, 6.45) is 5.69. The van der Waals surface area contributed by atoms with Gasteiger partial charge in [0.25, 0.3) is 0 Å². The van der Waals surface area contributed by atoms with Gasteiger partial charge in [-0.25, -0.2) is 5.57 Å². The number of allylic oxidation sites excluding steroid dienone is 2. The van der Waals surface area contributed by atoms with Crippen molar-refractivity contribution in [1.82, 2.24) is 0 Å². The van der Waals surface area contributed by atoms with Crippen molar-refractivity contribution in [3.8, 4) is 0 Å². The summed E-state index contributed by atoms with van der Waals surface area (Å²) in [5.41, 5.74) is 11.7. The Kier molecular flexibility index (Phi) is 7.73. The fourth-order valence-electron chi connectivity index (χ4n) is 4.10. The van der Waals surface area contributed by atoms with E-state index in [-0.39, 0.29) is 25.8 Å². The molecule has 1 aliphatic rings. The first kappa shape index (κ1) is 22.9. The zero-order valence-electron chi connectivity index (χ0n) is 18.5. The smallest absolute Gasteiger partial charge is 0 e. The number of rotatable bonds is 2. The molecule has 0 nitrogen and oxygen atoms in total. The molecule has 0 bridgehead atoms. The third-order valence-electron chi connectivity index (χ3n) is 6.23. The average Bonchev–Trinajstić information content (AvgIpc) is 3.14. The Morgan fingerprint density at radius 1 is 0.929 bits per heavy atom. The van der Waals surface area contributed by atoms with Crippen LogP contribution in [-0.4, -0.2) is 0 Å². The molecule has 0 unspecified atom stereocenters. The monoisotopic (exact) mass is 536 g/mol. The first-order valence-corrected chi connectivity index (χ1v) is 10.1. The molecule has 0 spiro atoms. The molecule has 28 heavy (non-hydrogen) atoms. The number of hydrogen-bond donors (Lipinski definition) is 0. The van der Waals surface area contributed by atoms with Gasteiger partial charge in [0.15, 0.2) is 0 Å². The minimum Gasteiger partial charge on any atom is -0.268 e. The minimum absolute atomic E-state index is 0. The summed E-state index contributed by atoms with van der Waals surface area (Å²) in [6.45, 7) is 15.5. The second-order valence-corrected chi connectivity index (χ2v) is 8.38. The zero-order valence-corrected chi connectivity index (χ0v) is 22.0. The largest absolute Gasteiger partial charge is 0.268 e. The topological polar surface area (TPSA) is 0 Å². The Morgan fingerprint density at radius 3 is 2.07 bits per heavy atom. The molecule has 0 aliphatic heterocycles. The van der Waals surface area contributed by atoms with E-state index in [9.17, 15) is 0 Å². The van der Waals surface area contributed by atoms with Gasteiger partial charge >= 0.3 is 0 Å². The third-order valence-corrected chi connectivity index (χ3v) is 6.23. The van der Waals surface area contributed by atoms with E-state index >= 15 is 0 Å². The summed E-state index contributed by atoms with van der Waals surface area (Å²) in [5, 5.41) is 2.74. The van der Waals surface area contributed by atoms with Crippen LogP contribution in [0.15, 0.2) is 36.4 Å². The van der Waals surface area contributed by atoms with Crippen LogP contribution in [0.4, 0.5) is 0 Å². The minimum atomic E-state index is 0. The Morgan fingerprint density at radius 2 is 1.54 bits per heavy atom. The van der Waals surface area contributed by atoms with Crippen LogP contribution >= 0.6 is 0 Å². The molecule has 0 heterocycles. The quantitative estimate of drug-likeness (QED) is 0.235. The molecular weight excluding hydrogens is 503 g/mol. The molecule has 1 aliphatic carbocycles. The molecule has 3 aromatic rings. The summed E-state index contributed by atoms with van der Waals surface area (Å²) < 4.78 is 0. The second kappa shape index (κ2) is 9.44. The molecule has 0 radical (unpaired) electrons. The van der Waals surface area contributed by atoms with E-state index < -0.39 is 0 Å². The van der Waals surface area contributed by atoms with Gasteiger partial charge in [-0.2, -0.15) is 33.4 Å². The molecule has 4 rings (SSSR count). The fraction of sp³-hybridized carbons (Fsp3) is 0.370. The van der Waals surface area contributed by atoms with Crippen LogP contribution in [0.2, 0.25) is 0 Å². The van der Waals surface area contributed by atoms with E-state index in [2.05, 4.69) is 90.9 Å². The summed E-state index contributed by atoms with van der Waals surface area (Å²) in [4.78, 5) is 0. The maximum Gasteiger partial charge on any atom is 0 e. The summed E-state index contributed by atoms with van der Waals surface area (Å²) in [6, 6.07) is 13.2. The number of benzene rings is 2. The summed E-state index contributed by atoms with van der Waals surface area (Å²) >= 11 is 0. The van der Waals surface area contributed by atoms with Crippen molar-refractivity contribution in [3.63, 3.8) is 0 Å². The molecule has 0 N–H and O–H groups in total. The molecule has 0 amide bonds. The van der Waals surface area contributed by atoms with Crippen LogP contribution in [0.3, 0.4) is 0 Å². The van der Waals surface area contributed by atoms with Crippen LogP contribution in [-0.2, 0) is 32.3 Å². The Bertz CT molecular complexity index is 918. The maximum absolute atomic E-state index is 3.56. The van der Waals surface area contributed by atoms with Crippen molar-refractivity contribution in [2.24, 2.45) is 5.92 Å². The van der Waals surface area contributed by atoms with Crippen LogP contribution in [0.25, 0.3) is 16.3 Å². The zero-order chi connectivity index (χ0) is 19.7. The Labute approximate surface area is 190 Å². The second-order valence-electron chi connectivity index (χ2n) is 8.38. The molecule has 0 aromatic heterocycles.